The topological polar surface area (TPSA) is 29.3 Å². The fraction of sp³-hybridized carbons (Fsp3) is 0.647. The second-order valence-corrected chi connectivity index (χ2v) is 5.47. The molecule has 2 nitrogen and oxygen atoms in total. The zero-order valence-corrected chi connectivity index (χ0v) is 13.1. The lowest BCUT2D eigenvalue weighted by Crippen LogP contribution is -2.54. The third-order valence-electron chi connectivity index (χ3n) is 4.24. The summed E-state index contributed by atoms with van der Waals surface area (Å²) >= 11 is 0. The number of hydrogen-bond acceptors (Lipinski definition) is 2. The summed E-state index contributed by atoms with van der Waals surface area (Å²) < 4.78 is 0. The van der Waals surface area contributed by atoms with E-state index in [0.717, 1.165) is 19.5 Å². The van der Waals surface area contributed by atoms with Crippen molar-refractivity contribution in [3.05, 3.63) is 29.8 Å². The fourth-order valence-electron chi connectivity index (χ4n) is 2.95. The SMILES string of the molecule is CCCCC(CC)(CN)N(CC)c1cccc(C)c1. The molecular weight excluding hydrogens is 232 g/mol. The Hall–Kier alpha value is -1.02. The highest BCUT2D eigenvalue weighted by atomic mass is 15.2. The van der Waals surface area contributed by atoms with E-state index in [4.69, 9.17) is 5.73 Å². The van der Waals surface area contributed by atoms with E-state index < -0.39 is 0 Å². The molecule has 0 aliphatic carbocycles. The summed E-state index contributed by atoms with van der Waals surface area (Å²) in [5, 5.41) is 0. The van der Waals surface area contributed by atoms with Gasteiger partial charge in [-0.1, -0.05) is 38.8 Å². The molecule has 0 radical (unpaired) electrons. The molecule has 19 heavy (non-hydrogen) atoms. The molecule has 0 spiro atoms. The van der Waals surface area contributed by atoms with Crippen LogP contribution in [0.2, 0.25) is 0 Å². The van der Waals surface area contributed by atoms with E-state index in [9.17, 15) is 0 Å². The molecule has 1 unspecified atom stereocenters. The molecule has 0 bridgehead atoms. The molecule has 0 aromatic heterocycles. The van der Waals surface area contributed by atoms with Gasteiger partial charge in [0, 0.05) is 18.8 Å². The maximum Gasteiger partial charge on any atom is 0.0521 e. The number of nitrogens with zero attached hydrogens (tertiary/aromatic N) is 1. The van der Waals surface area contributed by atoms with E-state index in [-0.39, 0.29) is 5.54 Å². The summed E-state index contributed by atoms with van der Waals surface area (Å²) in [5.41, 5.74) is 8.90. The second-order valence-electron chi connectivity index (χ2n) is 5.47. The third kappa shape index (κ3) is 3.73. The molecular formula is C17H30N2. The molecule has 1 aromatic carbocycles. The van der Waals surface area contributed by atoms with Gasteiger partial charge in [-0.2, -0.15) is 0 Å². The van der Waals surface area contributed by atoms with Gasteiger partial charge in [0.15, 0.2) is 0 Å². The maximum atomic E-state index is 6.17. The molecule has 0 amide bonds. The molecule has 0 aliphatic rings. The number of benzene rings is 1. The molecule has 1 aromatic rings. The first-order valence-electron chi connectivity index (χ1n) is 7.68. The van der Waals surface area contributed by atoms with Gasteiger partial charge in [-0.3, -0.25) is 0 Å². The van der Waals surface area contributed by atoms with Crippen LogP contribution in [0.25, 0.3) is 0 Å². The van der Waals surface area contributed by atoms with Crippen molar-refractivity contribution in [1.29, 1.82) is 0 Å². The van der Waals surface area contributed by atoms with Crippen molar-refractivity contribution in [2.75, 3.05) is 18.0 Å². The first kappa shape index (κ1) is 16.0. The van der Waals surface area contributed by atoms with Crippen LogP contribution in [0.5, 0.6) is 0 Å². The number of hydrogen-bond donors (Lipinski definition) is 1. The van der Waals surface area contributed by atoms with Gasteiger partial charge in [0.2, 0.25) is 0 Å². The Morgan fingerprint density at radius 1 is 1.21 bits per heavy atom. The van der Waals surface area contributed by atoms with Crippen molar-refractivity contribution < 1.29 is 0 Å². The molecule has 1 rings (SSSR count). The molecule has 2 heteroatoms. The van der Waals surface area contributed by atoms with Crippen molar-refractivity contribution in [3.63, 3.8) is 0 Å². The van der Waals surface area contributed by atoms with Crippen LogP contribution in [0.3, 0.4) is 0 Å². The monoisotopic (exact) mass is 262 g/mol. The number of nitrogens with two attached hydrogens (primary N) is 1. The number of rotatable bonds is 8. The molecule has 0 saturated carbocycles. The third-order valence-corrected chi connectivity index (χ3v) is 4.24. The van der Waals surface area contributed by atoms with E-state index in [1.165, 1.54) is 30.5 Å². The van der Waals surface area contributed by atoms with Gasteiger partial charge < -0.3 is 10.6 Å². The quantitative estimate of drug-likeness (QED) is 0.763. The van der Waals surface area contributed by atoms with E-state index in [2.05, 4.69) is 56.9 Å². The molecule has 1 atom stereocenters. The highest BCUT2D eigenvalue weighted by Crippen LogP contribution is 2.31. The zero-order chi connectivity index (χ0) is 14.3. The molecule has 2 N–H and O–H groups in total. The largest absolute Gasteiger partial charge is 0.365 e. The number of unbranched alkanes of at least 4 members (excludes halogenated alkanes) is 1. The van der Waals surface area contributed by atoms with Crippen LogP contribution in [0.15, 0.2) is 24.3 Å². The minimum absolute atomic E-state index is 0.110. The van der Waals surface area contributed by atoms with Gasteiger partial charge in [0.25, 0.3) is 0 Å². The van der Waals surface area contributed by atoms with Crippen LogP contribution in [-0.2, 0) is 0 Å². The normalized spacial score (nSPS) is 14.2. The van der Waals surface area contributed by atoms with Crippen LogP contribution >= 0.6 is 0 Å². The molecule has 0 fully saturated rings. The Morgan fingerprint density at radius 3 is 2.42 bits per heavy atom. The standard InChI is InChI=1S/C17H30N2/c1-5-8-12-17(6-2,14-18)19(7-3)16-11-9-10-15(4)13-16/h9-11,13H,5-8,12,14,18H2,1-4H3. The minimum atomic E-state index is 0.110. The van der Waals surface area contributed by atoms with E-state index in [1.54, 1.807) is 0 Å². The summed E-state index contributed by atoms with van der Waals surface area (Å²) in [5.74, 6) is 0. The van der Waals surface area contributed by atoms with Gasteiger partial charge in [-0.05, 0) is 44.4 Å². The molecule has 0 aliphatic heterocycles. The summed E-state index contributed by atoms with van der Waals surface area (Å²) in [6, 6.07) is 8.78. The van der Waals surface area contributed by atoms with E-state index >= 15 is 0 Å². The lowest BCUT2D eigenvalue weighted by atomic mass is 9.87. The van der Waals surface area contributed by atoms with E-state index in [0.29, 0.717) is 0 Å². The van der Waals surface area contributed by atoms with Gasteiger partial charge in [0.05, 0.1) is 5.54 Å². The van der Waals surface area contributed by atoms with Crippen molar-refractivity contribution in [2.24, 2.45) is 5.73 Å². The van der Waals surface area contributed by atoms with Gasteiger partial charge in [-0.25, -0.2) is 0 Å². The van der Waals surface area contributed by atoms with Crippen LogP contribution < -0.4 is 10.6 Å². The Morgan fingerprint density at radius 2 is 1.95 bits per heavy atom. The molecule has 0 heterocycles. The summed E-state index contributed by atoms with van der Waals surface area (Å²) in [6.07, 6.45) is 4.75. The van der Waals surface area contributed by atoms with Crippen molar-refractivity contribution in [1.82, 2.24) is 0 Å². The number of anilines is 1. The first-order chi connectivity index (χ1) is 9.13. The Kier molecular flexibility index (Phi) is 6.36. The Balaban J connectivity index is 3.08. The predicted octanol–water partition coefficient (Wildman–Crippen LogP) is 4.12. The average Bonchev–Trinajstić information content (AvgIpc) is 2.43. The minimum Gasteiger partial charge on any atom is -0.365 e. The van der Waals surface area contributed by atoms with Gasteiger partial charge in [0.1, 0.15) is 0 Å². The van der Waals surface area contributed by atoms with Crippen LogP contribution in [0, 0.1) is 6.92 Å². The smallest absolute Gasteiger partial charge is 0.0521 e. The number of aryl methyl sites for hydroxylation is 1. The maximum absolute atomic E-state index is 6.17. The molecule has 108 valence electrons. The number of likely N-dealkylation sites (N-methyl/N-ethyl adjacent to an activating group) is 1. The van der Waals surface area contributed by atoms with Gasteiger partial charge >= 0.3 is 0 Å². The summed E-state index contributed by atoms with van der Waals surface area (Å²) in [4.78, 5) is 2.51. The lowest BCUT2D eigenvalue weighted by Gasteiger charge is -2.44. The van der Waals surface area contributed by atoms with Crippen LogP contribution in [0.1, 0.15) is 52.0 Å². The van der Waals surface area contributed by atoms with Crippen LogP contribution in [-0.4, -0.2) is 18.6 Å². The molecule has 0 saturated heterocycles. The zero-order valence-electron chi connectivity index (χ0n) is 13.1. The van der Waals surface area contributed by atoms with E-state index in [1.807, 2.05) is 0 Å². The summed E-state index contributed by atoms with van der Waals surface area (Å²) in [6.45, 7) is 10.6. The average molecular weight is 262 g/mol. The highest BCUT2D eigenvalue weighted by molar-refractivity contribution is 5.51. The Labute approximate surface area is 119 Å². The van der Waals surface area contributed by atoms with Crippen molar-refractivity contribution >= 4 is 5.69 Å². The van der Waals surface area contributed by atoms with Gasteiger partial charge in [-0.15, -0.1) is 0 Å². The predicted molar refractivity (Wildman–Crippen MR) is 85.8 cm³/mol. The van der Waals surface area contributed by atoms with Crippen molar-refractivity contribution in [3.8, 4) is 0 Å². The first-order valence-corrected chi connectivity index (χ1v) is 7.68. The highest BCUT2D eigenvalue weighted by Gasteiger charge is 2.32. The lowest BCUT2D eigenvalue weighted by molar-refractivity contribution is 0.347. The van der Waals surface area contributed by atoms with Crippen molar-refractivity contribution in [2.45, 2.75) is 58.9 Å². The Bertz CT molecular complexity index is 369. The fourth-order valence-corrected chi connectivity index (χ4v) is 2.95. The van der Waals surface area contributed by atoms with Crippen LogP contribution in [0.4, 0.5) is 5.69 Å². The second kappa shape index (κ2) is 7.54. The summed E-state index contributed by atoms with van der Waals surface area (Å²) in [7, 11) is 0.